The van der Waals surface area contributed by atoms with E-state index in [4.69, 9.17) is 30.6 Å². The highest BCUT2D eigenvalue weighted by molar-refractivity contribution is 7.84. The van der Waals surface area contributed by atoms with E-state index in [1.54, 1.807) is 13.2 Å². The Morgan fingerprint density at radius 3 is 2.58 bits per heavy atom. The van der Waals surface area contributed by atoms with Crippen LogP contribution in [-0.4, -0.2) is 118 Å². The average molecular weight is 800 g/mol. The van der Waals surface area contributed by atoms with E-state index in [0.717, 1.165) is 107 Å². The molecule has 2 aromatic carbocycles. The van der Waals surface area contributed by atoms with E-state index >= 15 is 0 Å². The minimum atomic E-state index is -1.50. The molecular weight excluding hydrogens is 736 g/mol. The molecule has 304 valence electrons. The number of rotatable bonds is 4. The number of ether oxygens (including phenoxy) is 3. The van der Waals surface area contributed by atoms with Gasteiger partial charge in [0.15, 0.2) is 0 Å². The summed E-state index contributed by atoms with van der Waals surface area (Å²) >= 11 is 6.41. The SMILES string of the molecule is CC=O.CN(C)CCN1CCOCC1.COC1/C=C/CC(C)C(C)S(=O)NC(=O)c2ccc3c(c2)N(CC2CCC21)C[C@@]1(CCCc2cc(Cl)ccc21)CO3. The molecule has 7 atom stereocenters. The zero-order chi connectivity index (χ0) is 39.5. The van der Waals surface area contributed by atoms with E-state index in [9.17, 15) is 9.00 Å². The molecule has 2 fully saturated rings. The van der Waals surface area contributed by atoms with Gasteiger partial charge >= 0.3 is 0 Å². The molecule has 1 spiro atoms. The number of halogens is 1. The third-order valence-corrected chi connectivity index (χ3v) is 13.8. The van der Waals surface area contributed by atoms with E-state index in [1.807, 2.05) is 25.1 Å². The number of fused-ring (bicyclic) bond motifs is 4. The number of aryl methyl sites for hydroxylation is 1. The number of benzene rings is 2. The van der Waals surface area contributed by atoms with Crippen LogP contribution in [0, 0.1) is 17.8 Å². The predicted octanol–water partition coefficient (Wildman–Crippen LogP) is 6.32. The molecule has 5 aliphatic rings. The first-order valence-corrected chi connectivity index (χ1v) is 21.6. The Kier molecular flexibility index (Phi) is 16.2. The number of hydrogen-bond donors (Lipinski definition) is 1. The number of likely N-dealkylation sites (N-methyl/N-ethyl adjacent to an activating group) is 1. The van der Waals surface area contributed by atoms with E-state index in [1.165, 1.54) is 24.6 Å². The van der Waals surface area contributed by atoms with Crippen molar-refractivity contribution in [2.45, 2.75) is 76.1 Å². The molecule has 1 saturated heterocycles. The quantitative estimate of drug-likeness (QED) is 0.282. The predicted molar refractivity (Wildman–Crippen MR) is 223 cm³/mol. The van der Waals surface area contributed by atoms with Crippen molar-refractivity contribution in [2.24, 2.45) is 17.8 Å². The van der Waals surface area contributed by atoms with Gasteiger partial charge in [-0.25, -0.2) is 4.21 Å². The minimum absolute atomic E-state index is 0.0508. The first-order chi connectivity index (χ1) is 26.5. The van der Waals surface area contributed by atoms with E-state index < -0.39 is 11.0 Å². The summed E-state index contributed by atoms with van der Waals surface area (Å²) < 4.78 is 33.8. The summed E-state index contributed by atoms with van der Waals surface area (Å²) in [6, 6.07) is 12.0. The molecule has 12 heteroatoms. The van der Waals surface area contributed by atoms with Crippen LogP contribution in [0.2, 0.25) is 5.02 Å². The molecule has 55 heavy (non-hydrogen) atoms. The number of nitrogens with zero attached hydrogens (tertiary/aromatic N) is 3. The van der Waals surface area contributed by atoms with E-state index in [2.05, 4.69) is 64.7 Å². The lowest BCUT2D eigenvalue weighted by Gasteiger charge is -2.46. The van der Waals surface area contributed by atoms with Gasteiger partial charge < -0.3 is 28.8 Å². The number of morpholine rings is 1. The summed E-state index contributed by atoms with van der Waals surface area (Å²) in [5, 5.41) is 0.589. The second kappa shape index (κ2) is 20.6. The zero-order valence-corrected chi connectivity index (χ0v) is 35.3. The van der Waals surface area contributed by atoms with Gasteiger partial charge in [0.25, 0.3) is 5.91 Å². The van der Waals surface area contributed by atoms with Crippen LogP contribution < -0.4 is 14.4 Å². The van der Waals surface area contributed by atoms with Crippen molar-refractivity contribution < 1.29 is 28.0 Å². The molecule has 1 saturated carbocycles. The molecule has 7 rings (SSSR count). The van der Waals surface area contributed by atoms with Crippen LogP contribution in [0.15, 0.2) is 48.6 Å². The zero-order valence-electron chi connectivity index (χ0n) is 33.8. The van der Waals surface area contributed by atoms with Crippen molar-refractivity contribution in [3.63, 3.8) is 0 Å². The molecule has 1 amide bonds. The Labute approximate surface area is 336 Å². The lowest BCUT2D eigenvalue weighted by Crippen LogP contribution is -2.49. The Bertz CT molecular complexity index is 1640. The largest absolute Gasteiger partial charge is 0.490 e. The number of carbonyl (C=O) groups excluding carboxylic acids is 2. The minimum Gasteiger partial charge on any atom is -0.490 e. The fraction of sp³-hybridized carbons (Fsp3) is 0.628. The number of anilines is 1. The van der Waals surface area contributed by atoms with Crippen molar-refractivity contribution >= 4 is 40.5 Å². The maximum atomic E-state index is 13.3. The van der Waals surface area contributed by atoms with Crippen LogP contribution in [-0.2, 0) is 37.1 Å². The summed E-state index contributed by atoms with van der Waals surface area (Å²) in [6.07, 6.45) is 11.4. The summed E-state index contributed by atoms with van der Waals surface area (Å²) in [4.78, 5) is 29.3. The fourth-order valence-corrected chi connectivity index (χ4v) is 9.64. The molecule has 2 aromatic rings. The van der Waals surface area contributed by atoms with Gasteiger partial charge in [0.05, 0.1) is 36.9 Å². The normalized spacial score (nSPS) is 30.0. The molecule has 3 aliphatic heterocycles. The van der Waals surface area contributed by atoms with Gasteiger partial charge in [0, 0.05) is 62.4 Å². The number of methoxy groups -OCH3 is 1. The highest BCUT2D eigenvalue weighted by atomic mass is 35.5. The van der Waals surface area contributed by atoms with Crippen LogP contribution >= 0.6 is 11.6 Å². The summed E-state index contributed by atoms with van der Waals surface area (Å²) in [5.74, 6) is 1.53. The maximum Gasteiger partial charge on any atom is 0.263 e. The first kappa shape index (κ1) is 43.3. The van der Waals surface area contributed by atoms with Crippen LogP contribution in [0.3, 0.4) is 0 Å². The molecule has 6 unspecified atom stereocenters. The summed E-state index contributed by atoms with van der Waals surface area (Å²) in [5.41, 5.74) is 3.90. The Balaban J connectivity index is 0.000000351. The molecule has 10 nitrogen and oxygen atoms in total. The third kappa shape index (κ3) is 11.2. The summed E-state index contributed by atoms with van der Waals surface area (Å²) in [7, 11) is 4.53. The topological polar surface area (TPSA) is 101 Å². The van der Waals surface area contributed by atoms with Gasteiger partial charge in [-0.15, -0.1) is 0 Å². The molecule has 3 heterocycles. The molecule has 2 bridgehead atoms. The van der Waals surface area contributed by atoms with Gasteiger partial charge in [0.2, 0.25) is 0 Å². The van der Waals surface area contributed by atoms with Crippen LogP contribution in [0.5, 0.6) is 5.75 Å². The second-order valence-electron chi connectivity index (χ2n) is 16.1. The van der Waals surface area contributed by atoms with Gasteiger partial charge in [0.1, 0.15) is 23.0 Å². The van der Waals surface area contributed by atoms with Gasteiger partial charge in [-0.05, 0) is 126 Å². The van der Waals surface area contributed by atoms with Crippen molar-refractivity contribution in [1.82, 2.24) is 14.5 Å². The highest BCUT2D eigenvalue weighted by Gasteiger charge is 2.44. The average Bonchev–Trinajstić information content (AvgIpc) is 3.32. The van der Waals surface area contributed by atoms with Crippen LogP contribution in [0.4, 0.5) is 5.69 Å². The Morgan fingerprint density at radius 2 is 1.89 bits per heavy atom. The molecule has 0 radical (unpaired) electrons. The first-order valence-electron chi connectivity index (χ1n) is 20.0. The number of amides is 1. The van der Waals surface area contributed by atoms with Crippen LogP contribution in [0.25, 0.3) is 0 Å². The summed E-state index contributed by atoms with van der Waals surface area (Å²) in [6.45, 7) is 14.1. The second-order valence-corrected chi connectivity index (χ2v) is 18.0. The van der Waals surface area contributed by atoms with Crippen LogP contribution in [0.1, 0.15) is 74.4 Å². The number of hydrogen-bond acceptors (Lipinski definition) is 9. The lowest BCUT2D eigenvalue weighted by molar-refractivity contribution is -0.106. The molecular formula is C43H63ClN4O6S. The standard InChI is InChI=1S/C33H41ClN2O4S.C8H18N2O.C2H4O/c1-21-6-4-8-30(39-3)27-12-9-25(27)18-36-19-33(15-5-7-23-16-26(34)11-13-28(23)33)20-40-31-14-10-24(17-29(31)36)32(37)35-41(38)22(21)2;1-9(2)3-4-10-5-7-11-8-6-10;1-2-3/h4,8,10-11,13-14,16-17,21-22,25,27,30H,5-7,9,12,15,18-20H2,1-3H3,(H,35,37);3-8H2,1-2H3;2H,1H3/b8-4+;;/t21?,22?,25?,27?,30?,33-,41?;;/m0../s1. The number of nitrogens with one attached hydrogen (secondary N) is 1. The molecule has 1 N–H and O–H groups in total. The third-order valence-electron chi connectivity index (χ3n) is 12.1. The number of aldehydes is 1. The molecule has 2 aliphatic carbocycles. The van der Waals surface area contributed by atoms with Crippen molar-refractivity contribution in [3.8, 4) is 5.75 Å². The molecule has 0 aromatic heterocycles. The van der Waals surface area contributed by atoms with Gasteiger partial charge in [-0.3, -0.25) is 14.4 Å². The smallest absolute Gasteiger partial charge is 0.263 e. The van der Waals surface area contributed by atoms with Crippen molar-refractivity contribution in [1.29, 1.82) is 0 Å². The number of carbonyl (C=O) groups is 2. The maximum absolute atomic E-state index is 13.3. The van der Waals surface area contributed by atoms with Crippen molar-refractivity contribution in [3.05, 3.63) is 70.3 Å². The monoisotopic (exact) mass is 798 g/mol. The van der Waals surface area contributed by atoms with Crippen molar-refractivity contribution in [2.75, 3.05) is 85.2 Å². The van der Waals surface area contributed by atoms with E-state index in [-0.39, 0.29) is 28.6 Å². The van der Waals surface area contributed by atoms with E-state index in [0.29, 0.717) is 24.0 Å². The van der Waals surface area contributed by atoms with Gasteiger partial charge in [-0.2, -0.15) is 0 Å². The Hall–Kier alpha value is -2.80. The Morgan fingerprint density at radius 1 is 1.13 bits per heavy atom. The lowest BCUT2D eigenvalue weighted by atomic mass is 9.68. The van der Waals surface area contributed by atoms with Gasteiger partial charge in [-0.1, -0.05) is 36.7 Å². The highest BCUT2D eigenvalue weighted by Crippen LogP contribution is 2.47. The number of allylic oxidation sites excluding steroid dienone is 1. The fourth-order valence-electron chi connectivity index (χ4n) is 8.43.